The van der Waals surface area contributed by atoms with E-state index in [-0.39, 0.29) is 4.70 Å². The van der Waals surface area contributed by atoms with Crippen LogP contribution in [0.1, 0.15) is 116 Å². The molecule has 0 radical (unpaired) electrons. The third-order valence-electron chi connectivity index (χ3n) is 6.56. The van der Waals surface area contributed by atoms with Crippen molar-refractivity contribution in [1.82, 2.24) is 0 Å². The van der Waals surface area contributed by atoms with Gasteiger partial charge in [-0.05, 0) is 87.9 Å². The van der Waals surface area contributed by atoms with Gasteiger partial charge in [-0.15, -0.1) is 0 Å². The van der Waals surface area contributed by atoms with Crippen LogP contribution < -0.4 is 4.70 Å². The quantitative estimate of drug-likeness (QED) is 0.541. The van der Waals surface area contributed by atoms with Gasteiger partial charge in [-0.1, -0.05) is 38.5 Å². The second-order valence-electron chi connectivity index (χ2n) is 8.25. The van der Waals surface area contributed by atoms with Crippen molar-refractivity contribution >= 4 is 10.9 Å². The Morgan fingerprint density at radius 3 is 0.783 bits per heavy atom. The molecule has 0 aromatic carbocycles. The molecule has 2 heteroatoms. The van der Waals surface area contributed by atoms with Gasteiger partial charge >= 0.3 is 0 Å². The molecule has 0 atom stereocenters. The van der Waals surface area contributed by atoms with Gasteiger partial charge < -0.3 is 4.70 Å². The highest BCUT2D eigenvalue weighted by atomic mass is 32.2. The normalized spacial score (nSPS) is 27.0. The van der Waals surface area contributed by atoms with E-state index in [1.807, 2.05) is 0 Å². The molecule has 0 aromatic rings. The van der Waals surface area contributed by atoms with Crippen LogP contribution in [0.2, 0.25) is 0 Å². The van der Waals surface area contributed by atoms with E-state index in [0.717, 1.165) is 26.6 Å². The standard InChI is InChI=1S/C21H39S.FH/c1-2-8-14-19(13-7-1)22(20-15-9-3-4-10-16-20)21-17-11-5-6-12-18-21;/h19-21H,1-18H2;1H/q+1;/p-1. The average molecular weight is 343 g/mol. The highest BCUT2D eigenvalue weighted by Crippen LogP contribution is 2.39. The molecule has 0 nitrogen and oxygen atoms in total. The zero-order valence-electron chi connectivity index (χ0n) is 15.2. The molecule has 0 aromatic heterocycles. The molecule has 3 rings (SSSR count). The summed E-state index contributed by atoms with van der Waals surface area (Å²) in [7, 11) is 0.783. The number of hydrogen-bond acceptors (Lipinski definition) is 0. The summed E-state index contributed by atoms with van der Waals surface area (Å²) in [6.07, 6.45) is 28.0. The predicted octanol–water partition coefficient (Wildman–Crippen LogP) is 3.78. The van der Waals surface area contributed by atoms with Gasteiger partial charge in [0.1, 0.15) is 15.7 Å². The van der Waals surface area contributed by atoms with Crippen LogP contribution in [0.3, 0.4) is 0 Å². The van der Waals surface area contributed by atoms with E-state index in [2.05, 4.69) is 0 Å². The fourth-order valence-corrected chi connectivity index (χ4v) is 9.62. The molecule has 0 N–H and O–H groups in total. The van der Waals surface area contributed by atoms with Crippen LogP contribution in [0.5, 0.6) is 0 Å². The minimum Gasteiger partial charge on any atom is -1.00 e. The number of halogens is 1. The summed E-state index contributed by atoms with van der Waals surface area (Å²) in [4.78, 5) is 0. The van der Waals surface area contributed by atoms with Crippen molar-refractivity contribution in [3.8, 4) is 0 Å². The van der Waals surface area contributed by atoms with Crippen LogP contribution in [-0.4, -0.2) is 15.7 Å². The van der Waals surface area contributed by atoms with Crippen molar-refractivity contribution < 1.29 is 4.70 Å². The molecule has 0 heterocycles. The molecule has 3 aliphatic carbocycles. The Labute approximate surface area is 147 Å². The number of hydrogen-bond donors (Lipinski definition) is 0. The Kier molecular flexibility index (Phi) is 9.38. The van der Waals surface area contributed by atoms with Crippen LogP contribution in [0, 0.1) is 0 Å². The van der Waals surface area contributed by atoms with E-state index in [4.69, 9.17) is 0 Å². The predicted molar refractivity (Wildman–Crippen MR) is 102 cm³/mol. The van der Waals surface area contributed by atoms with Gasteiger partial charge in [0.05, 0.1) is 0 Å². The third-order valence-corrected chi connectivity index (χ3v) is 10.3. The lowest BCUT2D eigenvalue weighted by Crippen LogP contribution is -3.00. The van der Waals surface area contributed by atoms with Gasteiger partial charge in [0, 0.05) is 0 Å². The van der Waals surface area contributed by atoms with Crippen LogP contribution >= 0.6 is 0 Å². The zero-order chi connectivity index (χ0) is 15.0. The summed E-state index contributed by atoms with van der Waals surface area (Å²) >= 11 is 0. The highest BCUT2D eigenvalue weighted by Gasteiger charge is 2.44. The Morgan fingerprint density at radius 1 is 0.348 bits per heavy atom. The van der Waals surface area contributed by atoms with Crippen LogP contribution in [0.4, 0.5) is 0 Å². The van der Waals surface area contributed by atoms with Crippen LogP contribution in [0.15, 0.2) is 0 Å². The molecule has 3 fully saturated rings. The van der Waals surface area contributed by atoms with E-state index in [1.165, 1.54) is 38.5 Å². The molecule has 136 valence electrons. The van der Waals surface area contributed by atoms with Gasteiger partial charge in [0.25, 0.3) is 0 Å². The van der Waals surface area contributed by atoms with Crippen molar-refractivity contribution in [1.29, 1.82) is 0 Å². The van der Waals surface area contributed by atoms with Gasteiger partial charge in [0.2, 0.25) is 0 Å². The molecular weight excluding hydrogens is 303 g/mol. The second-order valence-corrected chi connectivity index (χ2v) is 11.1. The van der Waals surface area contributed by atoms with Crippen LogP contribution in [-0.2, 0) is 10.9 Å². The molecule has 0 amide bonds. The van der Waals surface area contributed by atoms with Crippen molar-refractivity contribution in [2.75, 3.05) is 0 Å². The first-order valence-electron chi connectivity index (χ1n) is 10.7. The monoisotopic (exact) mass is 342 g/mol. The zero-order valence-corrected chi connectivity index (χ0v) is 16.1. The first-order chi connectivity index (χ1) is 10.9. The van der Waals surface area contributed by atoms with E-state index < -0.39 is 0 Å². The molecule has 3 saturated carbocycles. The van der Waals surface area contributed by atoms with Crippen molar-refractivity contribution in [2.45, 2.75) is 131 Å². The molecule has 0 spiro atoms. The maximum atomic E-state index is 1.59. The largest absolute Gasteiger partial charge is 1.00 e. The molecule has 0 bridgehead atoms. The summed E-state index contributed by atoms with van der Waals surface area (Å²) in [5, 5.41) is 3.40. The Hall–Kier alpha value is 0.280. The van der Waals surface area contributed by atoms with Gasteiger partial charge in [-0.3, -0.25) is 0 Å². The van der Waals surface area contributed by atoms with Crippen molar-refractivity contribution in [2.24, 2.45) is 0 Å². The number of rotatable bonds is 3. The third kappa shape index (κ3) is 5.94. The smallest absolute Gasteiger partial charge is 0.118 e. The minimum absolute atomic E-state index is 0. The lowest BCUT2D eigenvalue weighted by Gasteiger charge is -2.30. The first kappa shape index (κ1) is 19.6. The van der Waals surface area contributed by atoms with Gasteiger partial charge in [-0.25, -0.2) is 0 Å². The van der Waals surface area contributed by atoms with Crippen molar-refractivity contribution in [3.63, 3.8) is 0 Å². The van der Waals surface area contributed by atoms with Gasteiger partial charge in [0.15, 0.2) is 0 Å². The van der Waals surface area contributed by atoms with E-state index in [1.54, 1.807) is 77.0 Å². The summed E-state index contributed by atoms with van der Waals surface area (Å²) in [5.74, 6) is 0. The second kappa shape index (κ2) is 11.0. The summed E-state index contributed by atoms with van der Waals surface area (Å²) in [6, 6.07) is 0. The molecule has 0 saturated heterocycles. The molecular formula is C21H39FS. The Bertz CT molecular complexity index is 235. The Morgan fingerprint density at radius 2 is 0.565 bits per heavy atom. The maximum absolute atomic E-state index is 1.59. The topological polar surface area (TPSA) is 0 Å². The molecule has 3 aliphatic rings. The lowest BCUT2D eigenvalue weighted by atomic mass is 10.2. The first-order valence-corrected chi connectivity index (χ1v) is 12.1. The molecule has 23 heavy (non-hydrogen) atoms. The molecule has 0 aliphatic heterocycles. The van der Waals surface area contributed by atoms with E-state index in [9.17, 15) is 0 Å². The van der Waals surface area contributed by atoms with Crippen LogP contribution in [0.25, 0.3) is 0 Å². The van der Waals surface area contributed by atoms with Gasteiger partial charge in [-0.2, -0.15) is 0 Å². The fraction of sp³-hybridized carbons (Fsp3) is 1.00. The van der Waals surface area contributed by atoms with E-state index in [0.29, 0.717) is 0 Å². The summed E-state index contributed by atoms with van der Waals surface area (Å²) in [5.41, 5.74) is 0. The highest BCUT2D eigenvalue weighted by molar-refractivity contribution is 7.98. The Balaban J connectivity index is 0.00000192. The summed E-state index contributed by atoms with van der Waals surface area (Å²) < 4.78 is 0. The maximum Gasteiger partial charge on any atom is 0.118 e. The van der Waals surface area contributed by atoms with E-state index >= 15 is 0 Å². The fourth-order valence-electron chi connectivity index (χ4n) is 5.36. The summed E-state index contributed by atoms with van der Waals surface area (Å²) in [6.45, 7) is 0. The molecule has 0 unspecified atom stereocenters. The van der Waals surface area contributed by atoms with Crippen molar-refractivity contribution in [3.05, 3.63) is 0 Å². The average Bonchev–Trinajstić information content (AvgIpc) is 3.04. The SMILES string of the molecule is C1CCCC([S+](C2CCCCCC2)C2CCCCCC2)CC1.[F-]. The minimum atomic E-state index is 0. The lowest BCUT2D eigenvalue weighted by molar-refractivity contribution is -0.00000465.